The zero-order valence-corrected chi connectivity index (χ0v) is 17.0. The molecular formula is C23H27F3N2O2. The molecule has 1 saturated heterocycles. The number of nitrogens with zero attached hydrogens (tertiary/aromatic N) is 1. The summed E-state index contributed by atoms with van der Waals surface area (Å²) in [6, 6.07) is 12.7. The molecule has 0 spiro atoms. The lowest BCUT2D eigenvalue weighted by molar-refractivity contribution is -0.137. The Morgan fingerprint density at radius 3 is 2.43 bits per heavy atom. The Balaban J connectivity index is 1.66. The Hall–Kier alpha value is -2.54. The second-order valence-electron chi connectivity index (χ2n) is 7.56. The summed E-state index contributed by atoms with van der Waals surface area (Å²) >= 11 is 0. The minimum atomic E-state index is -4.42. The number of hydrogen-bond donors (Lipinski definition) is 1. The molecule has 0 unspecified atom stereocenters. The molecule has 162 valence electrons. The van der Waals surface area contributed by atoms with Gasteiger partial charge in [-0.3, -0.25) is 9.69 Å². The summed E-state index contributed by atoms with van der Waals surface area (Å²) in [5.74, 6) is 0.481. The van der Waals surface area contributed by atoms with Crippen molar-refractivity contribution in [1.29, 1.82) is 0 Å². The number of rotatable bonds is 7. The van der Waals surface area contributed by atoms with Crippen LogP contribution in [0.2, 0.25) is 0 Å². The lowest BCUT2D eigenvalue weighted by Crippen LogP contribution is -2.41. The molecule has 30 heavy (non-hydrogen) atoms. The summed E-state index contributed by atoms with van der Waals surface area (Å²) in [7, 11) is 1.62. The number of methoxy groups -OCH3 is 1. The van der Waals surface area contributed by atoms with E-state index in [1.54, 1.807) is 13.2 Å². The van der Waals surface area contributed by atoms with Crippen molar-refractivity contribution in [1.82, 2.24) is 10.2 Å². The lowest BCUT2D eigenvalue weighted by atomic mass is 10.0. The van der Waals surface area contributed by atoms with Gasteiger partial charge in [0.15, 0.2) is 0 Å². The molecule has 0 radical (unpaired) electrons. The van der Waals surface area contributed by atoms with Gasteiger partial charge in [-0.05, 0) is 55.3 Å². The molecule has 1 aliphatic heterocycles. The summed E-state index contributed by atoms with van der Waals surface area (Å²) in [5.41, 5.74) is 0.690. The molecule has 0 bridgehead atoms. The fraction of sp³-hybridized carbons (Fsp3) is 0.435. The van der Waals surface area contributed by atoms with Crippen LogP contribution in [-0.2, 0) is 17.4 Å². The summed E-state index contributed by atoms with van der Waals surface area (Å²) < 4.78 is 43.9. The Kier molecular flexibility index (Phi) is 7.37. The number of piperidine rings is 1. The second-order valence-corrected chi connectivity index (χ2v) is 7.56. The van der Waals surface area contributed by atoms with Crippen molar-refractivity contribution >= 4 is 5.91 Å². The van der Waals surface area contributed by atoms with E-state index in [9.17, 15) is 18.0 Å². The molecule has 1 N–H and O–H groups in total. The number of benzene rings is 2. The van der Waals surface area contributed by atoms with Crippen LogP contribution in [0.5, 0.6) is 5.75 Å². The van der Waals surface area contributed by atoms with Crippen molar-refractivity contribution in [2.24, 2.45) is 0 Å². The zero-order chi connectivity index (χ0) is 21.6. The molecule has 1 amide bonds. The third kappa shape index (κ3) is 5.98. The maximum Gasteiger partial charge on any atom is 0.416 e. The molecule has 0 aliphatic carbocycles. The number of ether oxygens (including phenoxy) is 1. The zero-order valence-electron chi connectivity index (χ0n) is 17.0. The van der Waals surface area contributed by atoms with Gasteiger partial charge in [0.25, 0.3) is 0 Å². The number of alkyl halides is 3. The smallest absolute Gasteiger partial charge is 0.416 e. The number of hydrogen-bond acceptors (Lipinski definition) is 3. The molecule has 7 heteroatoms. The van der Waals surface area contributed by atoms with Crippen LogP contribution in [-0.4, -0.2) is 37.6 Å². The lowest BCUT2D eigenvalue weighted by Gasteiger charge is -2.35. The molecule has 3 rings (SSSR count). The van der Waals surface area contributed by atoms with E-state index in [-0.39, 0.29) is 18.4 Å². The third-order valence-corrected chi connectivity index (χ3v) is 5.44. The Morgan fingerprint density at radius 2 is 1.80 bits per heavy atom. The average molecular weight is 420 g/mol. The van der Waals surface area contributed by atoms with Gasteiger partial charge in [-0.25, -0.2) is 0 Å². The highest BCUT2D eigenvalue weighted by Crippen LogP contribution is 2.30. The van der Waals surface area contributed by atoms with E-state index < -0.39 is 11.7 Å². The second kappa shape index (κ2) is 9.98. The summed E-state index contributed by atoms with van der Waals surface area (Å²) in [6.07, 6.45) is -1.07. The first-order chi connectivity index (χ1) is 14.4. The third-order valence-electron chi connectivity index (χ3n) is 5.44. The van der Waals surface area contributed by atoms with Gasteiger partial charge in [-0.15, -0.1) is 0 Å². The molecule has 2 aromatic carbocycles. The average Bonchev–Trinajstić information content (AvgIpc) is 2.75. The predicted octanol–water partition coefficient (Wildman–Crippen LogP) is 4.60. The van der Waals surface area contributed by atoms with E-state index in [0.717, 1.165) is 49.4 Å². The molecular weight excluding hydrogens is 393 g/mol. The quantitative estimate of drug-likeness (QED) is 0.712. The summed E-state index contributed by atoms with van der Waals surface area (Å²) in [6.45, 7) is 2.32. The van der Waals surface area contributed by atoms with Crippen molar-refractivity contribution in [3.05, 3.63) is 65.2 Å². The van der Waals surface area contributed by atoms with Crippen LogP contribution in [0.3, 0.4) is 0 Å². The van der Waals surface area contributed by atoms with Gasteiger partial charge < -0.3 is 10.1 Å². The standard InChI is InChI=1S/C23H27F3N2O2/c1-30-20-10-8-18(9-11-20)21(28-12-3-2-4-13-28)16-27-22(29)15-17-6-5-7-19(14-17)23(24,25)26/h5-11,14,21H,2-4,12-13,15-16H2,1H3,(H,27,29)/t21-/m0/s1. The van der Waals surface area contributed by atoms with Gasteiger partial charge in [0, 0.05) is 6.54 Å². The highest BCUT2D eigenvalue weighted by Gasteiger charge is 2.30. The van der Waals surface area contributed by atoms with Crippen LogP contribution in [0.25, 0.3) is 0 Å². The van der Waals surface area contributed by atoms with Crippen LogP contribution in [0.1, 0.15) is 42.0 Å². The van der Waals surface area contributed by atoms with Crippen LogP contribution >= 0.6 is 0 Å². The molecule has 1 heterocycles. The molecule has 1 atom stereocenters. The molecule has 0 saturated carbocycles. The Bertz CT molecular complexity index is 831. The first-order valence-electron chi connectivity index (χ1n) is 10.2. The highest BCUT2D eigenvalue weighted by atomic mass is 19.4. The Morgan fingerprint density at radius 1 is 1.10 bits per heavy atom. The van der Waals surface area contributed by atoms with E-state index in [1.807, 2.05) is 24.3 Å². The summed E-state index contributed by atoms with van der Waals surface area (Å²) in [4.78, 5) is 14.8. The van der Waals surface area contributed by atoms with Gasteiger partial charge in [0.05, 0.1) is 25.1 Å². The number of amides is 1. The van der Waals surface area contributed by atoms with Crippen molar-refractivity contribution < 1.29 is 22.7 Å². The number of likely N-dealkylation sites (tertiary alicyclic amines) is 1. The number of carbonyl (C=O) groups is 1. The van der Waals surface area contributed by atoms with E-state index in [2.05, 4.69) is 10.2 Å². The number of halogens is 3. The first-order valence-corrected chi connectivity index (χ1v) is 10.2. The molecule has 2 aromatic rings. The van der Waals surface area contributed by atoms with Gasteiger partial charge in [-0.1, -0.05) is 36.8 Å². The van der Waals surface area contributed by atoms with Gasteiger partial charge in [0.2, 0.25) is 5.91 Å². The predicted molar refractivity (Wildman–Crippen MR) is 109 cm³/mol. The minimum absolute atomic E-state index is 0.0154. The maximum absolute atomic E-state index is 12.9. The van der Waals surface area contributed by atoms with Crippen molar-refractivity contribution in [3.63, 3.8) is 0 Å². The number of nitrogens with one attached hydrogen (secondary N) is 1. The molecule has 0 aromatic heterocycles. The first kappa shape index (κ1) is 22.2. The van der Waals surface area contributed by atoms with Crippen LogP contribution in [0.4, 0.5) is 13.2 Å². The van der Waals surface area contributed by atoms with E-state index in [1.165, 1.54) is 12.5 Å². The fourth-order valence-corrected chi connectivity index (χ4v) is 3.83. The van der Waals surface area contributed by atoms with Crippen LogP contribution in [0.15, 0.2) is 48.5 Å². The SMILES string of the molecule is COc1ccc([C@H](CNC(=O)Cc2cccc(C(F)(F)F)c2)N2CCCCC2)cc1. The van der Waals surface area contributed by atoms with E-state index in [4.69, 9.17) is 4.74 Å². The monoisotopic (exact) mass is 420 g/mol. The van der Waals surface area contributed by atoms with Crippen LogP contribution < -0.4 is 10.1 Å². The Labute approximate surface area is 175 Å². The van der Waals surface area contributed by atoms with Crippen molar-refractivity contribution in [2.75, 3.05) is 26.7 Å². The van der Waals surface area contributed by atoms with Crippen LogP contribution in [0, 0.1) is 0 Å². The van der Waals surface area contributed by atoms with Crippen molar-refractivity contribution in [3.8, 4) is 5.75 Å². The molecule has 1 aliphatic rings. The van der Waals surface area contributed by atoms with Gasteiger partial charge in [0.1, 0.15) is 5.75 Å². The molecule has 4 nitrogen and oxygen atoms in total. The van der Waals surface area contributed by atoms with E-state index >= 15 is 0 Å². The topological polar surface area (TPSA) is 41.6 Å². The normalized spacial score (nSPS) is 16.1. The summed E-state index contributed by atoms with van der Waals surface area (Å²) in [5, 5.41) is 2.92. The highest BCUT2D eigenvalue weighted by molar-refractivity contribution is 5.78. The number of carbonyl (C=O) groups excluding carboxylic acids is 1. The largest absolute Gasteiger partial charge is 0.497 e. The maximum atomic E-state index is 12.9. The minimum Gasteiger partial charge on any atom is -0.497 e. The molecule has 1 fully saturated rings. The van der Waals surface area contributed by atoms with Gasteiger partial charge >= 0.3 is 6.18 Å². The van der Waals surface area contributed by atoms with Crippen molar-refractivity contribution in [2.45, 2.75) is 37.9 Å². The fourth-order valence-electron chi connectivity index (χ4n) is 3.83. The van der Waals surface area contributed by atoms with Gasteiger partial charge in [-0.2, -0.15) is 13.2 Å². The van der Waals surface area contributed by atoms with E-state index in [0.29, 0.717) is 12.1 Å².